The van der Waals surface area contributed by atoms with E-state index in [0.29, 0.717) is 29.0 Å². The third-order valence-corrected chi connectivity index (χ3v) is 7.33. The Bertz CT molecular complexity index is 1440. The molecule has 2 aromatic carbocycles. The maximum Gasteiger partial charge on any atom is 0.230 e. The third kappa shape index (κ3) is 4.20. The van der Waals surface area contributed by atoms with E-state index in [1.54, 1.807) is 11.5 Å². The van der Waals surface area contributed by atoms with Crippen molar-refractivity contribution in [2.45, 2.75) is 19.8 Å². The van der Waals surface area contributed by atoms with Crippen LogP contribution in [0.15, 0.2) is 59.5 Å². The van der Waals surface area contributed by atoms with E-state index in [2.05, 4.69) is 9.97 Å². The second-order valence-electron chi connectivity index (χ2n) is 7.66. The van der Waals surface area contributed by atoms with Gasteiger partial charge < -0.3 is 0 Å². The van der Waals surface area contributed by atoms with Crippen LogP contribution in [0, 0.1) is 11.6 Å². The molecule has 9 heteroatoms. The normalized spacial score (nSPS) is 14.3. The highest BCUT2D eigenvalue weighted by molar-refractivity contribution is 7.17. The van der Waals surface area contributed by atoms with Gasteiger partial charge in [0.2, 0.25) is 11.7 Å². The van der Waals surface area contributed by atoms with Gasteiger partial charge in [-0.25, -0.2) is 18.7 Å². The van der Waals surface area contributed by atoms with Crippen LogP contribution < -0.4 is 4.90 Å². The molecule has 2 aromatic heterocycles. The van der Waals surface area contributed by atoms with Crippen LogP contribution in [0.25, 0.3) is 16.6 Å². The van der Waals surface area contributed by atoms with Crippen molar-refractivity contribution in [1.29, 1.82) is 0 Å². The molecule has 1 amide bonds. The Morgan fingerprint density at radius 1 is 1.09 bits per heavy atom. The van der Waals surface area contributed by atoms with Gasteiger partial charge in [0.25, 0.3) is 0 Å². The van der Waals surface area contributed by atoms with E-state index in [9.17, 15) is 18.4 Å². The number of nitrogens with zero attached hydrogens (tertiary/aromatic N) is 3. The number of fused-ring (bicyclic) bond motifs is 1. The molecular formula is C25H17F2N3O2S2. The monoisotopic (exact) mass is 493 g/mol. The highest BCUT2D eigenvalue weighted by atomic mass is 32.1. The Labute approximate surface area is 202 Å². The average molecular weight is 494 g/mol. The first kappa shape index (κ1) is 22.2. The van der Waals surface area contributed by atoms with Crippen LogP contribution in [0.5, 0.6) is 0 Å². The van der Waals surface area contributed by atoms with E-state index < -0.39 is 17.5 Å². The lowest BCUT2D eigenvalue weighted by molar-refractivity contribution is -0.115. The number of rotatable bonds is 4. The van der Waals surface area contributed by atoms with Crippen molar-refractivity contribution in [1.82, 2.24) is 9.97 Å². The number of thiazole rings is 2. The van der Waals surface area contributed by atoms with Crippen LogP contribution in [0.3, 0.4) is 0 Å². The van der Waals surface area contributed by atoms with Crippen LogP contribution >= 0.6 is 22.7 Å². The quantitative estimate of drug-likeness (QED) is 0.307. The minimum absolute atomic E-state index is 0.0801. The molecule has 0 bridgehead atoms. The molecule has 5 rings (SSSR count). The molecule has 5 nitrogen and oxygen atoms in total. The summed E-state index contributed by atoms with van der Waals surface area (Å²) in [7, 11) is 0. The lowest BCUT2D eigenvalue weighted by Crippen LogP contribution is -2.23. The Morgan fingerprint density at radius 2 is 1.88 bits per heavy atom. The number of Topliss-reactive ketones (excluding diaryl/α,β-unsaturated/α-hetero) is 1. The standard InChI is InChI=1S/C25H17F2N3O2S2/c1-14(31)30(21-10-8-17(26)12-19(21)27)25-28-18(13-33-25)11-16-7-9-20-23(22(16)32)34-24(29-20)15-5-3-2-4-6-15/h2-6,8,10-13H,7,9H2,1H3/b16-11+. The summed E-state index contributed by atoms with van der Waals surface area (Å²) in [6, 6.07) is 12.7. The predicted molar refractivity (Wildman–Crippen MR) is 129 cm³/mol. The number of carbonyl (C=O) groups excluding carboxylic acids is 2. The summed E-state index contributed by atoms with van der Waals surface area (Å²) in [6.07, 6.45) is 2.87. The Balaban J connectivity index is 1.43. The number of allylic oxidation sites excluding steroid dienone is 1. The zero-order valence-corrected chi connectivity index (χ0v) is 19.6. The predicted octanol–water partition coefficient (Wildman–Crippen LogP) is 6.44. The summed E-state index contributed by atoms with van der Waals surface area (Å²) in [5.41, 5.74) is 2.79. The number of halogens is 2. The number of benzene rings is 2. The lowest BCUT2D eigenvalue weighted by Gasteiger charge is -2.18. The van der Waals surface area contributed by atoms with Gasteiger partial charge in [0.1, 0.15) is 16.6 Å². The number of amides is 1. The van der Waals surface area contributed by atoms with Crippen molar-refractivity contribution in [2.24, 2.45) is 0 Å². The second kappa shape index (κ2) is 9.00. The van der Waals surface area contributed by atoms with Crippen LogP contribution in [0.1, 0.15) is 34.4 Å². The summed E-state index contributed by atoms with van der Waals surface area (Å²) < 4.78 is 27.6. The van der Waals surface area contributed by atoms with Crippen molar-refractivity contribution >= 4 is 51.3 Å². The molecule has 0 saturated carbocycles. The Morgan fingerprint density at radius 3 is 2.62 bits per heavy atom. The first-order valence-corrected chi connectivity index (χ1v) is 12.1. The van der Waals surface area contributed by atoms with Gasteiger partial charge in [-0.3, -0.25) is 14.5 Å². The number of hydrogen-bond acceptors (Lipinski definition) is 6. The van der Waals surface area contributed by atoms with E-state index in [-0.39, 0.29) is 16.6 Å². The van der Waals surface area contributed by atoms with Gasteiger partial charge in [0, 0.05) is 29.5 Å². The largest absolute Gasteiger partial charge is 0.288 e. The van der Waals surface area contributed by atoms with E-state index >= 15 is 0 Å². The zero-order chi connectivity index (χ0) is 23.8. The molecule has 34 heavy (non-hydrogen) atoms. The zero-order valence-electron chi connectivity index (χ0n) is 17.9. The maximum absolute atomic E-state index is 14.3. The van der Waals surface area contributed by atoms with E-state index in [4.69, 9.17) is 0 Å². The third-order valence-electron chi connectivity index (χ3n) is 5.34. The Kier molecular flexibility index (Phi) is 5.89. The van der Waals surface area contributed by atoms with Crippen molar-refractivity contribution in [3.63, 3.8) is 0 Å². The molecule has 1 aliphatic carbocycles. The smallest absolute Gasteiger partial charge is 0.230 e. The molecule has 0 radical (unpaired) electrons. The fourth-order valence-electron chi connectivity index (χ4n) is 3.75. The minimum Gasteiger partial charge on any atom is -0.288 e. The molecule has 0 spiro atoms. The molecule has 0 atom stereocenters. The number of aryl methyl sites for hydroxylation is 1. The molecule has 0 fully saturated rings. The topological polar surface area (TPSA) is 63.2 Å². The minimum atomic E-state index is -0.861. The molecule has 4 aromatic rings. The molecule has 0 saturated heterocycles. The Hall–Kier alpha value is -3.56. The molecular weight excluding hydrogens is 476 g/mol. The summed E-state index contributed by atoms with van der Waals surface area (Å²) in [5, 5.41) is 2.75. The molecule has 0 aliphatic heterocycles. The summed E-state index contributed by atoms with van der Waals surface area (Å²) in [4.78, 5) is 36.2. The number of anilines is 2. The molecule has 0 unspecified atom stereocenters. The van der Waals surface area contributed by atoms with E-state index in [1.807, 2.05) is 30.3 Å². The lowest BCUT2D eigenvalue weighted by atomic mass is 9.95. The van der Waals surface area contributed by atoms with Crippen molar-refractivity contribution in [3.8, 4) is 10.6 Å². The first-order chi connectivity index (χ1) is 16.4. The molecule has 2 heterocycles. The van der Waals surface area contributed by atoms with Gasteiger partial charge in [0.05, 0.1) is 22.0 Å². The van der Waals surface area contributed by atoms with Gasteiger partial charge in [-0.05, 0) is 31.1 Å². The van der Waals surface area contributed by atoms with Crippen LogP contribution in [-0.2, 0) is 11.2 Å². The number of carbonyl (C=O) groups is 2. The average Bonchev–Trinajstić information content (AvgIpc) is 3.46. The van der Waals surface area contributed by atoms with E-state index in [1.165, 1.54) is 24.3 Å². The van der Waals surface area contributed by atoms with Gasteiger partial charge in [-0.2, -0.15) is 0 Å². The van der Waals surface area contributed by atoms with Gasteiger partial charge in [0.15, 0.2) is 5.13 Å². The summed E-state index contributed by atoms with van der Waals surface area (Å²) in [5.74, 6) is -2.14. The SMILES string of the molecule is CC(=O)N(c1nc(/C=C2\CCc3nc(-c4ccccc4)sc3C2=O)cs1)c1ccc(F)cc1F. The number of ketones is 1. The first-order valence-electron chi connectivity index (χ1n) is 10.4. The maximum atomic E-state index is 14.3. The fraction of sp³-hybridized carbons (Fsp3) is 0.120. The summed E-state index contributed by atoms with van der Waals surface area (Å²) >= 11 is 2.52. The molecule has 170 valence electrons. The molecule has 0 N–H and O–H groups in total. The second-order valence-corrected chi connectivity index (χ2v) is 9.50. The van der Waals surface area contributed by atoms with Crippen molar-refractivity contribution in [2.75, 3.05) is 4.90 Å². The van der Waals surface area contributed by atoms with Crippen LogP contribution in [-0.4, -0.2) is 21.7 Å². The fourth-order valence-corrected chi connectivity index (χ4v) is 5.68. The van der Waals surface area contributed by atoms with Crippen molar-refractivity contribution < 1.29 is 18.4 Å². The van der Waals surface area contributed by atoms with Gasteiger partial charge in [-0.15, -0.1) is 22.7 Å². The molecule has 1 aliphatic rings. The summed E-state index contributed by atoms with van der Waals surface area (Å²) in [6.45, 7) is 1.28. The number of hydrogen-bond donors (Lipinski definition) is 0. The highest BCUT2D eigenvalue weighted by Gasteiger charge is 2.27. The van der Waals surface area contributed by atoms with Crippen LogP contribution in [0.4, 0.5) is 19.6 Å². The van der Waals surface area contributed by atoms with Gasteiger partial charge >= 0.3 is 0 Å². The van der Waals surface area contributed by atoms with Crippen LogP contribution in [0.2, 0.25) is 0 Å². The van der Waals surface area contributed by atoms with Crippen molar-refractivity contribution in [3.05, 3.63) is 87.4 Å². The highest BCUT2D eigenvalue weighted by Crippen LogP contribution is 2.36. The van der Waals surface area contributed by atoms with Gasteiger partial charge in [-0.1, -0.05) is 30.3 Å². The number of aromatic nitrogens is 2. The van der Waals surface area contributed by atoms with E-state index in [0.717, 1.165) is 44.6 Å².